The van der Waals surface area contributed by atoms with E-state index in [1.54, 1.807) is 0 Å². The lowest BCUT2D eigenvalue weighted by atomic mass is 9.86. The van der Waals surface area contributed by atoms with Gasteiger partial charge in [0.25, 0.3) is 0 Å². The lowest BCUT2D eigenvalue weighted by Gasteiger charge is -2.22. The Balaban J connectivity index is 0.000000154. The third-order valence-corrected chi connectivity index (χ3v) is 12.9. The SMILES string of the molecule is O=C1Cc2ccc(Nc3ncnc4[nH]c5c(c34)CC(C(=O)NCC(F)(F)F)CC5)cc2S1.O=C1Cc2ccc(Nc3ncnc4[nH]c5c(c34)CC(C(=O)O)CC5)cc2S1. The van der Waals surface area contributed by atoms with Gasteiger partial charge in [-0.1, -0.05) is 35.7 Å². The van der Waals surface area contributed by atoms with Crippen LogP contribution in [0, 0.1) is 11.8 Å². The topological polar surface area (TPSA) is 208 Å². The van der Waals surface area contributed by atoms with Crippen LogP contribution in [0.15, 0.2) is 58.8 Å². The number of carboxylic acid groups (broad SMARTS) is 1. The summed E-state index contributed by atoms with van der Waals surface area (Å²) in [5.74, 6) is -1.11. The van der Waals surface area contributed by atoms with Gasteiger partial charge in [-0.3, -0.25) is 19.2 Å². The molecule has 2 aromatic carbocycles. The van der Waals surface area contributed by atoms with Crippen molar-refractivity contribution in [2.45, 2.75) is 67.3 Å². The fourth-order valence-corrected chi connectivity index (χ4v) is 9.95. The Morgan fingerprint density at radius 2 is 1.24 bits per heavy atom. The first-order chi connectivity index (χ1) is 28.3. The number of carbonyl (C=O) groups excluding carboxylic acids is 3. The number of rotatable bonds is 7. The van der Waals surface area contributed by atoms with Crippen LogP contribution in [0.1, 0.15) is 46.5 Å². The third-order valence-electron chi connectivity index (χ3n) is 10.9. The van der Waals surface area contributed by atoms with Crippen molar-refractivity contribution in [3.8, 4) is 0 Å². The molecule has 19 heteroatoms. The number of alkyl halides is 3. The predicted octanol–water partition coefficient (Wildman–Crippen LogP) is 6.73. The van der Waals surface area contributed by atoms with Crippen LogP contribution in [0.5, 0.6) is 0 Å². The largest absolute Gasteiger partial charge is 0.481 e. The summed E-state index contributed by atoms with van der Waals surface area (Å²) in [5, 5.41) is 19.8. The molecule has 14 nitrogen and oxygen atoms in total. The summed E-state index contributed by atoms with van der Waals surface area (Å²) in [4.78, 5) is 72.9. The van der Waals surface area contributed by atoms with Gasteiger partial charge in [-0.15, -0.1) is 0 Å². The Hall–Kier alpha value is -5.95. The summed E-state index contributed by atoms with van der Waals surface area (Å²) >= 11 is 2.48. The number of anilines is 4. The van der Waals surface area contributed by atoms with Gasteiger partial charge in [-0.2, -0.15) is 13.2 Å². The van der Waals surface area contributed by atoms with Crippen molar-refractivity contribution < 1.29 is 37.5 Å². The quantitative estimate of drug-likeness (QED) is 0.0988. The van der Waals surface area contributed by atoms with E-state index in [0.29, 0.717) is 74.3 Å². The number of aliphatic carboxylic acids is 1. The Bertz CT molecular complexity index is 2720. The number of aromatic nitrogens is 6. The van der Waals surface area contributed by atoms with Gasteiger partial charge >= 0.3 is 12.1 Å². The Morgan fingerprint density at radius 3 is 1.73 bits per heavy atom. The van der Waals surface area contributed by atoms with Crippen LogP contribution < -0.4 is 16.0 Å². The summed E-state index contributed by atoms with van der Waals surface area (Å²) < 4.78 is 37.4. The molecule has 0 saturated carbocycles. The molecule has 302 valence electrons. The molecule has 4 aliphatic rings. The van der Waals surface area contributed by atoms with Crippen LogP contribution in [-0.2, 0) is 57.7 Å². The summed E-state index contributed by atoms with van der Waals surface area (Å²) in [6, 6.07) is 11.5. The lowest BCUT2D eigenvalue weighted by Crippen LogP contribution is -2.39. The molecule has 0 radical (unpaired) electrons. The minimum atomic E-state index is -4.44. The molecule has 1 amide bonds. The van der Waals surface area contributed by atoms with Gasteiger partial charge in [-0.05, 0) is 85.0 Å². The zero-order valence-electron chi connectivity index (χ0n) is 31.0. The highest BCUT2D eigenvalue weighted by Crippen LogP contribution is 2.40. The maximum atomic E-state index is 12.5. The highest BCUT2D eigenvalue weighted by atomic mass is 32.2. The van der Waals surface area contributed by atoms with E-state index in [4.69, 9.17) is 0 Å². The van der Waals surface area contributed by atoms with Crippen molar-refractivity contribution in [3.05, 3.63) is 82.7 Å². The number of hydrogen-bond donors (Lipinski definition) is 6. The normalized spacial score (nSPS) is 18.1. The number of amides is 1. The van der Waals surface area contributed by atoms with E-state index < -0.39 is 30.5 Å². The number of aryl methyl sites for hydroxylation is 2. The second-order valence-corrected chi connectivity index (χ2v) is 17.0. The van der Waals surface area contributed by atoms with E-state index in [-0.39, 0.29) is 16.1 Å². The van der Waals surface area contributed by atoms with E-state index in [0.717, 1.165) is 65.6 Å². The average molecular weight is 842 g/mol. The number of nitrogens with zero attached hydrogens (tertiary/aromatic N) is 4. The fourth-order valence-electron chi connectivity index (χ4n) is 8.09. The molecule has 2 aliphatic carbocycles. The number of halogens is 3. The summed E-state index contributed by atoms with van der Waals surface area (Å²) in [6.07, 6.45) is 2.44. The molecule has 6 aromatic rings. The Morgan fingerprint density at radius 1 is 0.746 bits per heavy atom. The van der Waals surface area contributed by atoms with E-state index >= 15 is 0 Å². The maximum Gasteiger partial charge on any atom is 0.405 e. The molecule has 0 fully saturated rings. The predicted molar refractivity (Wildman–Crippen MR) is 214 cm³/mol. The monoisotopic (exact) mass is 841 g/mol. The van der Waals surface area contributed by atoms with Crippen LogP contribution in [0.4, 0.5) is 36.2 Å². The van der Waals surface area contributed by atoms with Crippen LogP contribution in [0.3, 0.4) is 0 Å². The van der Waals surface area contributed by atoms with Gasteiger partial charge in [-0.25, -0.2) is 19.9 Å². The summed E-state index contributed by atoms with van der Waals surface area (Å²) in [5.41, 5.74) is 8.75. The highest BCUT2D eigenvalue weighted by Gasteiger charge is 2.33. The molecule has 2 aliphatic heterocycles. The number of carboxylic acids is 1. The van der Waals surface area contributed by atoms with E-state index in [2.05, 4.69) is 40.5 Å². The number of benzene rings is 2. The number of nitrogens with one attached hydrogen (secondary N) is 5. The van der Waals surface area contributed by atoms with E-state index in [1.807, 2.05) is 41.7 Å². The number of H-pyrrole nitrogens is 2. The molecule has 0 bridgehead atoms. The van der Waals surface area contributed by atoms with Crippen LogP contribution in [0.25, 0.3) is 22.1 Å². The van der Waals surface area contributed by atoms with Crippen molar-refractivity contribution in [1.29, 1.82) is 0 Å². The van der Waals surface area contributed by atoms with Crippen molar-refractivity contribution in [3.63, 3.8) is 0 Å². The molecule has 2 unspecified atom stereocenters. The molecule has 59 heavy (non-hydrogen) atoms. The average Bonchev–Trinajstić information content (AvgIpc) is 3.97. The molecule has 10 rings (SSSR count). The van der Waals surface area contributed by atoms with Crippen molar-refractivity contribution in [1.82, 2.24) is 35.2 Å². The summed E-state index contributed by atoms with van der Waals surface area (Å²) in [6.45, 7) is -1.34. The first-order valence-corrected chi connectivity index (χ1v) is 20.5. The van der Waals surface area contributed by atoms with E-state index in [1.165, 1.54) is 36.2 Å². The van der Waals surface area contributed by atoms with Crippen molar-refractivity contribution in [2.75, 3.05) is 17.2 Å². The first-order valence-electron chi connectivity index (χ1n) is 18.8. The number of hydrogen-bond acceptors (Lipinski definition) is 12. The smallest absolute Gasteiger partial charge is 0.405 e. The minimum absolute atomic E-state index is 0.108. The van der Waals surface area contributed by atoms with Gasteiger partial charge in [0.15, 0.2) is 10.2 Å². The number of fused-ring (bicyclic) bond motifs is 8. The Kier molecular flexibility index (Phi) is 10.0. The van der Waals surface area contributed by atoms with Gasteiger partial charge in [0, 0.05) is 51.3 Å². The second-order valence-electron chi connectivity index (χ2n) is 14.8. The summed E-state index contributed by atoms with van der Waals surface area (Å²) in [7, 11) is 0. The van der Waals surface area contributed by atoms with E-state index in [9.17, 15) is 37.5 Å². The lowest BCUT2D eigenvalue weighted by molar-refractivity contribution is -0.142. The van der Waals surface area contributed by atoms with Gasteiger partial charge in [0.1, 0.15) is 42.1 Å². The Labute approximate surface area is 341 Å². The van der Waals surface area contributed by atoms with Crippen LogP contribution >= 0.6 is 23.5 Å². The molecular weight excluding hydrogens is 808 g/mol. The van der Waals surface area contributed by atoms with Gasteiger partial charge < -0.3 is 31.0 Å². The first kappa shape index (κ1) is 38.6. The molecule has 6 heterocycles. The molecule has 6 N–H and O–H groups in total. The molecule has 0 spiro atoms. The van der Waals surface area contributed by atoms with Gasteiger partial charge in [0.2, 0.25) is 5.91 Å². The number of thioether (sulfide) groups is 2. The minimum Gasteiger partial charge on any atom is -0.481 e. The molecule has 4 aromatic heterocycles. The maximum absolute atomic E-state index is 12.5. The van der Waals surface area contributed by atoms with Crippen LogP contribution in [-0.4, -0.2) is 69.8 Å². The number of carbonyl (C=O) groups is 4. The highest BCUT2D eigenvalue weighted by molar-refractivity contribution is 8.14. The zero-order valence-corrected chi connectivity index (χ0v) is 32.6. The third kappa shape index (κ3) is 7.95. The van der Waals surface area contributed by atoms with Crippen LogP contribution in [0.2, 0.25) is 0 Å². The fraction of sp³-hybridized carbons (Fsp3) is 0.300. The molecular formula is C40H34F3N9O5S2. The van der Waals surface area contributed by atoms with Gasteiger partial charge in [0.05, 0.1) is 16.7 Å². The molecule has 2 atom stereocenters. The standard InChI is InChI=1S/C21H18F3N5O2S.C19H16N4O3S/c22-21(23,24)8-25-20(31)11-2-4-14-13(5-11)17-18(26-9-27-19(17)29-14)28-12-3-1-10-6-16(30)32-15(10)7-12;24-15-6-9-1-3-11(7-14(9)27-15)22-17-16-12-5-10(19(25)26)2-4-13(12)23-18(16)21-8-20-17/h1,3,7,9,11H,2,4-6,8H2,(H,25,31)(H2,26,27,28,29);1,3,7-8,10H,2,4-6H2,(H,25,26)(H2,20,21,22,23). The van der Waals surface area contributed by atoms with Crippen molar-refractivity contribution >= 4 is 90.7 Å². The number of aromatic amines is 2. The second kappa shape index (κ2) is 15.3. The van der Waals surface area contributed by atoms with Crippen molar-refractivity contribution in [2.24, 2.45) is 11.8 Å². The zero-order chi connectivity index (χ0) is 41.0. The molecule has 0 saturated heterocycles.